The molecule has 0 aliphatic carbocycles. The zero-order chi connectivity index (χ0) is 30.5. The summed E-state index contributed by atoms with van der Waals surface area (Å²) in [6.45, 7) is 8.82. The Morgan fingerprint density at radius 3 is 2.53 bits per heavy atom. The number of pyridine rings is 1. The minimum atomic E-state index is -0.699. The topological polar surface area (TPSA) is 127 Å². The number of carbonyl (C=O) groups is 3. The second kappa shape index (κ2) is 13.2. The number of amides is 3. The maximum atomic E-state index is 13.8. The first-order valence-corrected chi connectivity index (χ1v) is 15.0. The molecular weight excluding hydrogens is 544 g/mol. The molecule has 0 spiro atoms. The van der Waals surface area contributed by atoms with Crippen molar-refractivity contribution in [2.75, 3.05) is 13.1 Å². The van der Waals surface area contributed by atoms with Crippen LogP contribution in [0.3, 0.4) is 0 Å². The van der Waals surface area contributed by atoms with Gasteiger partial charge in [-0.2, -0.15) is 5.10 Å². The first kappa shape index (κ1) is 29.9. The molecule has 2 N–H and O–H groups in total. The molecule has 0 bridgehead atoms. The lowest BCUT2D eigenvalue weighted by Crippen LogP contribution is -2.51. The number of aryl methyl sites for hydroxylation is 2. The van der Waals surface area contributed by atoms with Crippen LogP contribution in [0.25, 0.3) is 5.65 Å². The van der Waals surface area contributed by atoms with Crippen molar-refractivity contribution in [2.24, 2.45) is 5.92 Å². The summed E-state index contributed by atoms with van der Waals surface area (Å²) in [5.41, 5.74) is 3.06. The molecule has 5 rings (SSSR count). The van der Waals surface area contributed by atoms with Crippen LogP contribution in [0.2, 0.25) is 0 Å². The molecule has 43 heavy (non-hydrogen) atoms. The summed E-state index contributed by atoms with van der Waals surface area (Å²) >= 11 is 0. The zero-order valence-electron chi connectivity index (χ0n) is 25.3. The quantitative estimate of drug-likeness (QED) is 0.370. The van der Waals surface area contributed by atoms with Gasteiger partial charge in [-0.25, -0.2) is 14.6 Å². The van der Waals surface area contributed by atoms with Crippen LogP contribution in [0, 0.1) is 19.8 Å². The fourth-order valence-corrected chi connectivity index (χ4v) is 5.53. The third-order valence-electron chi connectivity index (χ3n) is 8.14. The van der Waals surface area contributed by atoms with E-state index in [1.807, 2.05) is 80.6 Å². The number of hydrogen-bond acceptors (Lipinski definition) is 6. The molecule has 0 radical (unpaired) electrons. The molecule has 3 aromatic heterocycles. The monoisotopic (exact) mass is 584 g/mol. The molecule has 1 aliphatic rings. The van der Waals surface area contributed by atoms with Crippen molar-refractivity contribution >= 4 is 23.4 Å². The van der Waals surface area contributed by atoms with E-state index in [9.17, 15) is 14.4 Å². The smallest absolute Gasteiger partial charge is 0.274 e. The predicted octanol–water partition coefficient (Wildman–Crippen LogP) is 3.41. The normalized spacial score (nSPS) is 19.3. The number of rotatable bonds is 5. The number of fused-ring (bicyclic) bond motifs is 2. The summed E-state index contributed by atoms with van der Waals surface area (Å²) in [5.74, 6) is 0.439. The second-order valence-corrected chi connectivity index (χ2v) is 11.3. The van der Waals surface area contributed by atoms with Crippen molar-refractivity contribution in [3.8, 4) is 0 Å². The Kier molecular flexibility index (Phi) is 9.18. The first-order valence-electron chi connectivity index (χ1n) is 15.0. The van der Waals surface area contributed by atoms with Gasteiger partial charge in [0, 0.05) is 31.4 Å². The van der Waals surface area contributed by atoms with Crippen molar-refractivity contribution in [3.05, 3.63) is 83.3 Å². The lowest BCUT2D eigenvalue weighted by atomic mass is 9.97. The summed E-state index contributed by atoms with van der Waals surface area (Å²) in [7, 11) is 0. The van der Waals surface area contributed by atoms with E-state index in [1.165, 1.54) is 0 Å². The van der Waals surface area contributed by atoms with Crippen molar-refractivity contribution in [3.63, 3.8) is 0 Å². The van der Waals surface area contributed by atoms with Gasteiger partial charge in [0.15, 0.2) is 0 Å². The molecule has 3 amide bonds. The Bertz CT molecular complexity index is 1590. The highest BCUT2D eigenvalue weighted by molar-refractivity contribution is 5.93. The Hall–Kier alpha value is -4.54. The molecule has 4 heterocycles. The summed E-state index contributed by atoms with van der Waals surface area (Å²) in [6.07, 6.45) is 3.61. The number of nitrogens with zero attached hydrogens (tertiary/aromatic N) is 6. The summed E-state index contributed by atoms with van der Waals surface area (Å²) in [4.78, 5) is 51.6. The van der Waals surface area contributed by atoms with Crippen LogP contribution in [-0.4, -0.2) is 65.9 Å². The number of nitrogens with one attached hydrogen (secondary N) is 2. The van der Waals surface area contributed by atoms with E-state index in [0.717, 1.165) is 17.7 Å². The first-order chi connectivity index (χ1) is 20.7. The van der Waals surface area contributed by atoms with Crippen LogP contribution in [0.1, 0.15) is 72.5 Å². The van der Waals surface area contributed by atoms with Gasteiger partial charge in [0.1, 0.15) is 29.0 Å². The standard InChI is InChI=1S/C32H40N8O3/c1-5-21(2)29-31(42)35-25(19-24-12-7-6-8-13-24)30-33-23(4)37-40(30)18-17-38(16-10-15-28(41)36-29)32(43)26-20-39-22(3)11-9-14-27(39)34-26/h6-9,11-14,20-21,25,29H,5,10,15-19H2,1-4H3,(H,35,42)(H,36,41)/t21-,25-,29-/m0/s1. The molecule has 0 unspecified atom stereocenters. The van der Waals surface area contributed by atoms with Gasteiger partial charge < -0.3 is 19.9 Å². The van der Waals surface area contributed by atoms with Gasteiger partial charge in [-0.15, -0.1) is 0 Å². The lowest BCUT2D eigenvalue weighted by molar-refractivity contribution is -0.130. The van der Waals surface area contributed by atoms with Gasteiger partial charge in [-0.1, -0.05) is 56.7 Å². The van der Waals surface area contributed by atoms with Gasteiger partial charge in [0.25, 0.3) is 5.91 Å². The molecule has 0 saturated heterocycles. The predicted molar refractivity (Wildman–Crippen MR) is 162 cm³/mol. The third-order valence-corrected chi connectivity index (χ3v) is 8.14. The van der Waals surface area contributed by atoms with Crippen LogP contribution in [0.4, 0.5) is 0 Å². The van der Waals surface area contributed by atoms with Gasteiger partial charge in [0.05, 0.1) is 12.6 Å². The van der Waals surface area contributed by atoms with E-state index in [0.29, 0.717) is 55.5 Å². The highest BCUT2D eigenvalue weighted by Gasteiger charge is 2.31. The average Bonchev–Trinajstić information content (AvgIpc) is 3.61. The molecule has 0 saturated carbocycles. The highest BCUT2D eigenvalue weighted by atomic mass is 16.2. The van der Waals surface area contributed by atoms with E-state index in [-0.39, 0.29) is 30.1 Å². The SMILES string of the molecule is CC[C@H](C)[C@@H]1NC(=O)CCCN(C(=O)c2cn3c(C)cccc3n2)CCn2nc(C)nc2[C@H](Cc2ccccc2)NC1=O. The largest absolute Gasteiger partial charge is 0.344 e. The van der Waals surface area contributed by atoms with Gasteiger partial charge in [-0.3, -0.25) is 14.4 Å². The number of carbonyl (C=O) groups excluding carboxylic acids is 3. The Labute approximate surface area is 251 Å². The van der Waals surface area contributed by atoms with E-state index in [4.69, 9.17) is 4.98 Å². The summed E-state index contributed by atoms with van der Waals surface area (Å²) in [5, 5.41) is 10.8. The molecule has 1 aliphatic heterocycles. The maximum Gasteiger partial charge on any atom is 0.274 e. The van der Waals surface area contributed by atoms with Crippen LogP contribution in [0.15, 0.2) is 54.7 Å². The zero-order valence-corrected chi connectivity index (χ0v) is 25.3. The summed E-state index contributed by atoms with van der Waals surface area (Å²) < 4.78 is 3.69. The lowest BCUT2D eigenvalue weighted by Gasteiger charge is -2.28. The minimum Gasteiger partial charge on any atom is -0.344 e. The molecule has 3 atom stereocenters. The van der Waals surface area contributed by atoms with Crippen LogP contribution >= 0.6 is 0 Å². The van der Waals surface area contributed by atoms with Crippen molar-refractivity contribution in [1.82, 2.24) is 39.7 Å². The molecule has 11 nitrogen and oxygen atoms in total. The Balaban J connectivity index is 1.49. The van der Waals surface area contributed by atoms with Gasteiger partial charge >= 0.3 is 0 Å². The molecule has 226 valence electrons. The van der Waals surface area contributed by atoms with E-state index in [1.54, 1.807) is 15.8 Å². The number of benzene rings is 1. The molecule has 1 aromatic carbocycles. The molecule has 0 fully saturated rings. The van der Waals surface area contributed by atoms with Crippen LogP contribution < -0.4 is 10.6 Å². The van der Waals surface area contributed by atoms with Crippen molar-refractivity contribution < 1.29 is 14.4 Å². The molecular formula is C32H40N8O3. The number of hydrogen-bond donors (Lipinski definition) is 2. The van der Waals surface area contributed by atoms with E-state index in [2.05, 4.69) is 20.7 Å². The van der Waals surface area contributed by atoms with E-state index >= 15 is 0 Å². The minimum absolute atomic E-state index is 0.0783. The van der Waals surface area contributed by atoms with Crippen molar-refractivity contribution in [1.29, 1.82) is 0 Å². The second-order valence-electron chi connectivity index (χ2n) is 11.3. The van der Waals surface area contributed by atoms with E-state index < -0.39 is 12.1 Å². The van der Waals surface area contributed by atoms with Gasteiger partial charge in [0.2, 0.25) is 11.8 Å². The average molecular weight is 585 g/mol. The molecule has 4 aromatic rings. The third kappa shape index (κ3) is 6.93. The Morgan fingerprint density at radius 1 is 1.00 bits per heavy atom. The maximum absolute atomic E-state index is 13.8. The molecule has 11 heteroatoms. The summed E-state index contributed by atoms with van der Waals surface area (Å²) in [6, 6.07) is 14.5. The fraction of sp³-hybridized carbons (Fsp3) is 0.438. The van der Waals surface area contributed by atoms with Crippen LogP contribution in [-0.2, 0) is 22.6 Å². The number of imidazole rings is 1. The highest BCUT2D eigenvalue weighted by Crippen LogP contribution is 2.20. The van der Waals surface area contributed by atoms with Gasteiger partial charge in [-0.05, 0) is 50.3 Å². The fourth-order valence-electron chi connectivity index (χ4n) is 5.53. The number of aromatic nitrogens is 5. The Morgan fingerprint density at radius 2 is 1.79 bits per heavy atom. The van der Waals surface area contributed by atoms with Crippen LogP contribution in [0.5, 0.6) is 0 Å². The van der Waals surface area contributed by atoms with Crippen molar-refractivity contribution in [2.45, 2.75) is 72.0 Å².